The summed E-state index contributed by atoms with van der Waals surface area (Å²) in [6, 6.07) is 0. The van der Waals surface area contributed by atoms with Crippen molar-refractivity contribution in [2.45, 2.75) is 40.5 Å². The first-order valence-electron chi connectivity index (χ1n) is 5.47. The zero-order chi connectivity index (χ0) is 10.8. The van der Waals surface area contributed by atoms with Crippen LogP contribution in [0.15, 0.2) is 36.5 Å². The van der Waals surface area contributed by atoms with Gasteiger partial charge in [0.2, 0.25) is 0 Å². The van der Waals surface area contributed by atoms with Crippen LogP contribution in [0.3, 0.4) is 0 Å². The van der Waals surface area contributed by atoms with E-state index in [1.807, 2.05) is 0 Å². The molecule has 0 heteroatoms. The highest BCUT2D eigenvalue weighted by molar-refractivity contribution is 5.31. The molecular formula is C14H22. The van der Waals surface area contributed by atoms with E-state index in [1.165, 1.54) is 5.57 Å². The summed E-state index contributed by atoms with van der Waals surface area (Å²) in [5.74, 6) is 0. The fourth-order valence-corrected chi connectivity index (χ4v) is 1.97. The number of hydrogen-bond donors (Lipinski definition) is 0. The van der Waals surface area contributed by atoms with Crippen LogP contribution in [-0.4, -0.2) is 0 Å². The third-order valence-electron chi connectivity index (χ3n) is 3.47. The van der Waals surface area contributed by atoms with Gasteiger partial charge in [0.15, 0.2) is 0 Å². The van der Waals surface area contributed by atoms with E-state index >= 15 is 0 Å². The molecule has 0 N–H and O–H groups in total. The largest absolute Gasteiger partial charge is 0.102 e. The fraction of sp³-hybridized carbons (Fsp3) is 0.571. The van der Waals surface area contributed by atoms with Crippen molar-refractivity contribution in [2.24, 2.45) is 10.8 Å². The Balaban J connectivity index is 2.95. The summed E-state index contributed by atoms with van der Waals surface area (Å²) < 4.78 is 0. The highest BCUT2D eigenvalue weighted by Gasteiger charge is 2.36. The van der Waals surface area contributed by atoms with E-state index in [0.717, 1.165) is 12.8 Å². The van der Waals surface area contributed by atoms with Crippen LogP contribution in [0.25, 0.3) is 0 Å². The van der Waals surface area contributed by atoms with Gasteiger partial charge in [-0.15, -0.1) is 6.58 Å². The minimum Gasteiger partial charge on any atom is -0.102 e. The summed E-state index contributed by atoms with van der Waals surface area (Å²) >= 11 is 0. The lowest BCUT2D eigenvalue weighted by Gasteiger charge is -2.41. The first kappa shape index (κ1) is 11.3. The number of allylic oxidation sites excluding steroid dienone is 5. The van der Waals surface area contributed by atoms with Crippen molar-refractivity contribution in [3.05, 3.63) is 36.5 Å². The van der Waals surface area contributed by atoms with E-state index in [0.29, 0.717) is 0 Å². The van der Waals surface area contributed by atoms with Crippen molar-refractivity contribution in [1.29, 1.82) is 0 Å². The molecule has 0 aromatic carbocycles. The molecule has 0 fully saturated rings. The maximum Gasteiger partial charge on any atom is 0.0145 e. The third kappa shape index (κ3) is 1.84. The van der Waals surface area contributed by atoms with Gasteiger partial charge < -0.3 is 0 Å². The molecule has 1 aliphatic rings. The molecular weight excluding hydrogens is 168 g/mol. The molecule has 1 atom stereocenters. The van der Waals surface area contributed by atoms with Crippen molar-refractivity contribution in [3.8, 4) is 0 Å². The van der Waals surface area contributed by atoms with Gasteiger partial charge in [0.1, 0.15) is 0 Å². The van der Waals surface area contributed by atoms with Crippen molar-refractivity contribution < 1.29 is 0 Å². The van der Waals surface area contributed by atoms with E-state index in [1.54, 1.807) is 0 Å². The maximum absolute atomic E-state index is 3.99. The molecule has 0 radical (unpaired) electrons. The zero-order valence-electron chi connectivity index (χ0n) is 9.93. The van der Waals surface area contributed by atoms with Crippen LogP contribution in [0.5, 0.6) is 0 Å². The molecule has 0 nitrogen and oxygen atoms in total. The van der Waals surface area contributed by atoms with Crippen LogP contribution in [0, 0.1) is 10.8 Å². The van der Waals surface area contributed by atoms with Crippen LogP contribution < -0.4 is 0 Å². The molecule has 0 saturated heterocycles. The SMILES string of the molecule is C=CC1(C(C)(C)C)C=CC(CC)=CC1. The maximum atomic E-state index is 3.99. The summed E-state index contributed by atoms with van der Waals surface area (Å²) in [6.07, 6.45) is 11.3. The van der Waals surface area contributed by atoms with Gasteiger partial charge in [0.05, 0.1) is 0 Å². The first-order valence-corrected chi connectivity index (χ1v) is 5.47. The van der Waals surface area contributed by atoms with E-state index in [2.05, 4.69) is 58.6 Å². The van der Waals surface area contributed by atoms with Crippen molar-refractivity contribution in [1.82, 2.24) is 0 Å². The van der Waals surface area contributed by atoms with E-state index < -0.39 is 0 Å². The topological polar surface area (TPSA) is 0 Å². The monoisotopic (exact) mass is 190 g/mol. The van der Waals surface area contributed by atoms with E-state index in [4.69, 9.17) is 0 Å². The second-order valence-electron chi connectivity index (χ2n) is 5.16. The van der Waals surface area contributed by atoms with Gasteiger partial charge in [-0.05, 0) is 18.3 Å². The molecule has 0 saturated carbocycles. The Morgan fingerprint density at radius 3 is 2.43 bits per heavy atom. The predicted molar refractivity (Wildman–Crippen MR) is 64.2 cm³/mol. The summed E-state index contributed by atoms with van der Waals surface area (Å²) in [4.78, 5) is 0. The molecule has 1 aliphatic carbocycles. The lowest BCUT2D eigenvalue weighted by molar-refractivity contribution is 0.205. The second kappa shape index (κ2) is 3.76. The normalized spacial score (nSPS) is 27.3. The van der Waals surface area contributed by atoms with E-state index in [-0.39, 0.29) is 10.8 Å². The summed E-state index contributed by atoms with van der Waals surface area (Å²) in [5, 5.41) is 0. The summed E-state index contributed by atoms with van der Waals surface area (Å²) in [7, 11) is 0. The van der Waals surface area contributed by atoms with Crippen LogP contribution >= 0.6 is 0 Å². The number of hydrogen-bond acceptors (Lipinski definition) is 0. The van der Waals surface area contributed by atoms with Gasteiger partial charge in [-0.25, -0.2) is 0 Å². The van der Waals surface area contributed by atoms with Gasteiger partial charge in [-0.1, -0.05) is 57.6 Å². The molecule has 0 aliphatic heterocycles. The smallest absolute Gasteiger partial charge is 0.0145 e. The van der Waals surface area contributed by atoms with Gasteiger partial charge >= 0.3 is 0 Å². The van der Waals surface area contributed by atoms with Gasteiger partial charge in [0.25, 0.3) is 0 Å². The van der Waals surface area contributed by atoms with Crippen molar-refractivity contribution >= 4 is 0 Å². The van der Waals surface area contributed by atoms with Crippen LogP contribution in [0.2, 0.25) is 0 Å². The Hall–Kier alpha value is -0.780. The Labute approximate surface area is 88.4 Å². The van der Waals surface area contributed by atoms with Crippen LogP contribution in [0.4, 0.5) is 0 Å². The Kier molecular flexibility index (Phi) is 3.04. The molecule has 0 heterocycles. The molecule has 1 rings (SSSR count). The minimum atomic E-state index is 0.145. The first-order chi connectivity index (χ1) is 6.45. The quantitative estimate of drug-likeness (QED) is 0.562. The van der Waals surface area contributed by atoms with Crippen LogP contribution in [-0.2, 0) is 0 Å². The zero-order valence-corrected chi connectivity index (χ0v) is 9.93. The molecule has 0 amide bonds. The molecule has 0 aromatic heterocycles. The summed E-state index contributed by atoms with van der Waals surface area (Å²) in [6.45, 7) is 13.0. The van der Waals surface area contributed by atoms with E-state index in [9.17, 15) is 0 Å². The fourth-order valence-electron chi connectivity index (χ4n) is 1.97. The molecule has 14 heavy (non-hydrogen) atoms. The highest BCUT2D eigenvalue weighted by atomic mass is 14.4. The van der Waals surface area contributed by atoms with Gasteiger partial charge in [-0.3, -0.25) is 0 Å². The molecule has 0 bridgehead atoms. The standard InChI is InChI=1S/C14H22/c1-6-12-8-10-14(7-2,11-9-12)13(3,4)5/h7-10H,2,6,11H2,1,3-5H3. The number of rotatable bonds is 2. The predicted octanol–water partition coefficient (Wildman–Crippen LogP) is 4.50. The average molecular weight is 190 g/mol. The molecule has 0 spiro atoms. The lowest BCUT2D eigenvalue weighted by Crippen LogP contribution is -2.32. The molecule has 1 unspecified atom stereocenters. The minimum absolute atomic E-state index is 0.145. The second-order valence-corrected chi connectivity index (χ2v) is 5.16. The lowest BCUT2D eigenvalue weighted by atomic mass is 9.63. The Bertz CT molecular complexity index is 273. The third-order valence-corrected chi connectivity index (χ3v) is 3.47. The summed E-state index contributed by atoms with van der Waals surface area (Å²) in [5.41, 5.74) is 1.85. The molecule has 78 valence electrons. The Morgan fingerprint density at radius 1 is 1.50 bits per heavy atom. The van der Waals surface area contributed by atoms with Gasteiger partial charge in [0, 0.05) is 5.41 Å². The molecule has 0 aromatic rings. The van der Waals surface area contributed by atoms with Crippen molar-refractivity contribution in [2.75, 3.05) is 0 Å². The van der Waals surface area contributed by atoms with Crippen molar-refractivity contribution in [3.63, 3.8) is 0 Å². The van der Waals surface area contributed by atoms with Gasteiger partial charge in [-0.2, -0.15) is 0 Å². The highest BCUT2D eigenvalue weighted by Crippen LogP contribution is 2.46. The Morgan fingerprint density at radius 2 is 2.14 bits per heavy atom. The average Bonchev–Trinajstić information content (AvgIpc) is 2.16. The van der Waals surface area contributed by atoms with Crippen LogP contribution in [0.1, 0.15) is 40.5 Å².